The molecular formula is C11H14I. The molecular weight excluding hydrogens is 259 g/mol. The molecule has 1 heteroatoms. The first-order valence-electron chi connectivity index (χ1n) is 4.19. The van der Waals surface area contributed by atoms with Crippen molar-refractivity contribution in [2.24, 2.45) is 5.92 Å². The summed E-state index contributed by atoms with van der Waals surface area (Å²) < 4.78 is 1.29. The summed E-state index contributed by atoms with van der Waals surface area (Å²) in [6, 6.07) is 6.50. The predicted octanol–water partition coefficient (Wildman–Crippen LogP) is 3.67. The average Bonchev–Trinajstić information content (AvgIpc) is 1.81. The lowest BCUT2D eigenvalue weighted by molar-refractivity contribution is 0.647. The topological polar surface area (TPSA) is 0 Å². The second-order valence-corrected chi connectivity index (χ2v) is 4.81. The van der Waals surface area contributed by atoms with Gasteiger partial charge in [-0.25, -0.2) is 0 Å². The van der Waals surface area contributed by atoms with Crippen LogP contribution in [0.5, 0.6) is 0 Å². The molecule has 1 rings (SSSR count). The highest BCUT2D eigenvalue weighted by molar-refractivity contribution is 14.1. The fourth-order valence-electron chi connectivity index (χ4n) is 1.31. The number of halogens is 1. The lowest BCUT2D eigenvalue weighted by atomic mass is 10.0. The van der Waals surface area contributed by atoms with Crippen LogP contribution in [0.25, 0.3) is 0 Å². The van der Waals surface area contributed by atoms with Gasteiger partial charge >= 0.3 is 0 Å². The third-order valence-corrected chi connectivity index (χ3v) is 2.28. The summed E-state index contributed by atoms with van der Waals surface area (Å²) >= 11 is 2.34. The van der Waals surface area contributed by atoms with E-state index in [0.29, 0.717) is 0 Å². The van der Waals surface area contributed by atoms with E-state index in [1.54, 1.807) is 0 Å². The molecule has 1 aromatic rings. The summed E-state index contributed by atoms with van der Waals surface area (Å²) in [4.78, 5) is 0. The van der Waals surface area contributed by atoms with Crippen molar-refractivity contribution in [1.82, 2.24) is 0 Å². The van der Waals surface area contributed by atoms with Crippen molar-refractivity contribution in [3.05, 3.63) is 39.8 Å². The van der Waals surface area contributed by atoms with Gasteiger partial charge < -0.3 is 0 Å². The van der Waals surface area contributed by atoms with Crippen molar-refractivity contribution in [3.8, 4) is 0 Å². The SMILES string of the molecule is [CH2]c1cc(I)cc(CC(C)C)c1. The van der Waals surface area contributed by atoms with E-state index in [1.807, 2.05) is 0 Å². The molecule has 1 aromatic carbocycles. The van der Waals surface area contributed by atoms with Crippen molar-refractivity contribution in [3.63, 3.8) is 0 Å². The van der Waals surface area contributed by atoms with Crippen LogP contribution in [0.3, 0.4) is 0 Å². The molecule has 0 amide bonds. The smallest absolute Gasteiger partial charge is 0.0135 e. The molecule has 0 atom stereocenters. The zero-order chi connectivity index (χ0) is 9.14. The van der Waals surface area contributed by atoms with Crippen molar-refractivity contribution in [2.45, 2.75) is 20.3 Å². The summed E-state index contributed by atoms with van der Waals surface area (Å²) in [5, 5.41) is 0. The highest BCUT2D eigenvalue weighted by Crippen LogP contribution is 2.14. The lowest BCUT2D eigenvalue weighted by Gasteiger charge is -2.06. The van der Waals surface area contributed by atoms with Gasteiger partial charge in [0.05, 0.1) is 0 Å². The molecule has 1 radical (unpaired) electrons. The van der Waals surface area contributed by atoms with Crippen molar-refractivity contribution < 1.29 is 0 Å². The highest BCUT2D eigenvalue weighted by atomic mass is 127. The maximum atomic E-state index is 3.94. The summed E-state index contributed by atoms with van der Waals surface area (Å²) in [5.41, 5.74) is 2.53. The van der Waals surface area contributed by atoms with Crippen molar-refractivity contribution in [2.75, 3.05) is 0 Å². The average molecular weight is 273 g/mol. The predicted molar refractivity (Wildman–Crippen MR) is 62.2 cm³/mol. The molecule has 0 aliphatic heterocycles. The molecule has 0 aliphatic rings. The van der Waals surface area contributed by atoms with E-state index >= 15 is 0 Å². The van der Waals surface area contributed by atoms with E-state index < -0.39 is 0 Å². The van der Waals surface area contributed by atoms with Gasteiger partial charge in [-0.15, -0.1) is 0 Å². The molecule has 0 nitrogen and oxygen atoms in total. The molecule has 0 heterocycles. The Kier molecular flexibility index (Phi) is 3.56. The molecule has 0 N–H and O–H groups in total. The maximum absolute atomic E-state index is 3.94. The Balaban J connectivity index is 2.85. The van der Waals surface area contributed by atoms with Gasteiger partial charge in [0, 0.05) is 3.57 Å². The van der Waals surface area contributed by atoms with E-state index in [1.165, 1.54) is 9.13 Å². The molecule has 0 saturated heterocycles. The van der Waals surface area contributed by atoms with E-state index in [9.17, 15) is 0 Å². The van der Waals surface area contributed by atoms with E-state index in [4.69, 9.17) is 0 Å². The van der Waals surface area contributed by atoms with Gasteiger partial charge in [0.15, 0.2) is 0 Å². The summed E-state index contributed by atoms with van der Waals surface area (Å²) in [7, 11) is 0. The van der Waals surface area contributed by atoms with Crippen LogP contribution in [-0.4, -0.2) is 0 Å². The fraction of sp³-hybridized carbons (Fsp3) is 0.364. The van der Waals surface area contributed by atoms with E-state index in [-0.39, 0.29) is 0 Å². The Morgan fingerprint density at radius 2 is 2.00 bits per heavy atom. The molecule has 0 aliphatic carbocycles. The van der Waals surface area contributed by atoms with Gasteiger partial charge in [-0.05, 0) is 65.1 Å². The molecule has 0 bridgehead atoms. The Hall–Kier alpha value is -0.0500. The van der Waals surface area contributed by atoms with E-state index in [0.717, 1.165) is 17.9 Å². The quantitative estimate of drug-likeness (QED) is 0.721. The number of hydrogen-bond acceptors (Lipinski definition) is 0. The second-order valence-electron chi connectivity index (χ2n) is 3.57. The Bertz CT molecular complexity index is 243. The normalized spacial score (nSPS) is 10.8. The van der Waals surface area contributed by atoms with Crippen LogP contribution in [0.1, 0.15) is 25.0 Å². The molecule has 0 spiro atoms. The zero-order valence-electron chi connectivity index (χ0n) is 7.60. The summed E-state index contributed by atoms with van der Waals surface area (Å²) in [6.07, 6.45) is 1.15. The second kappa shape index (κ2) is 4.26. The van der Waals surface area contributed by atoms with Crippen LogP contribution in [0.15, 0.2) is 18.2 Å². The van der Waals surface area contributed by atoms with Crippen LogP contribution in [-0.2, 0) is 6.42 Å². The molecule has 0 aromatic heterocycles. The fourth-order valence-corrected chi connectivity index (χ4v) is 2.11. The van der Waals surface area contributed by atoms with Crippen LogP contribution in [0.4, 0.5) is 0 Å². The number of benzene rings is 1. The van der Waals surface area contributed by atoms with Gasteiger partial charge in [0.1, 0.15) is 0 Å². The third-order valence-electron chi connectivity index (χ3n) is 1.66. The first kappa shape index (κ1) is 10.0. The lowest BCUT2D eigenvalue weighted by Crippen LogP contribution is -1.94. The minimum absolute atomic E-state index is 0.725. The summed E-state index contributed by atoms with van der Waals surface area (Å²) in [5.74, 6) is 0.725. The highest BCUT2D eigenvalue weighted by Gasteiger charge is 1.99. The Morgan fingerprint density at radius 1 is 1.33 bits per heavy atom. The van der Waals surface area contributed by atoms with E-state index in [2.05, 4.69) is 61.6 Å². The van der Waals surface area contributed by atoms with Gasteiger partial charge in [0.25, 0.3) is 0 Å². The molecule has 65 valence electrons. The molecule has 0 fully saturated rings. The van der Waals surface area contributed by atoms with Crippen LogP contribution in [0, 0.1) is 16.4 Å². The minimum atomic E-state index is 0.725. The van der Waals surface area contributed by atoms with Crippen LogP contribution < -0.4 is 0 Å². The van der Waals surface area contributed by atoms with Crippen LogP contribution in [0.2, 0.25) is 0 Å². The van der Waals surface area contributed by atoms with Gasteiger partial charge in [0.2, 0.25) is 0 Å². The Labute approximate surface area is 88.5 Å². The minimum Gasteiger partial charge on any atom is -0.0625 e. The first-order valence-corrected chi connectivity index (χ1v) is 5.27. The molecule has 12 heavy (non-hydrogen) atoms. The van der Waals surface area contributed by atoms with Crippen molar-refractivity contribution in [1.29, 1.82) is 0 Å². The largest absolute Gasteiger partial charge is 0.0625 e. The zero-order valence-corrected chi connectivity index (χ0v) is 9.76. The number of rotatable bonds is 2. The molecule has 0 unspecified atom stereocenters. The third kappa shape index (κ3) is 3.13. The van der Waals surface area contributed by atoms with Crippen LogP contribution >= 0.6 is 22.6 Å². The number of hydrogen-bond donors (Lipinski definition) is 0. The monoisotopic (exact) mass is 273 g/mol. The molecule has 0 saturated carbocycles. The van der Waals surface area contributed by atoms with Crippen molar-refractivity contribution >= 4 is 22.6 Å². The van der Waals surface area contributed by atoms with Gasteiger partial charge in [-0.1, -0.05) is 19.9 Å². The Morgan fingerprint density at radius 3 is 2.50 bits per heavy atom. The maximum Gasteiger partial charge on any atom is 0.0135 e. The first-order chi connectivity index (χ1) is 5.58. The van der Waals surface area contributed by atoms with Gasteiger partial charge in [-0.2, -0.15) is 0 Å². The summed E-state index contributed by atoms with van der Waals surface area (Å²) in [6.45, 7) is 8.42. The van der Waals surface area contributed by atoms with Gasteiger partial charge in [-0.3, -0.25) is 0 Å². The standard InChI is InChI=1S/C11H14I/c1-8(2)4-10-5-9(3)6-11(12)7-10/h5-8H,3-4H2,1-2H3.